The maximum atomic E-state index is 10.0. The van der Waals surface area contributed by atoms with Gasteiger partial charge in [0, 0.05) is 10.9 Å². The zero-order chi connectivity index (χ0) is 9.97. The van der Waals surface area contributed by atoms with Crippen LogP contribution in [0, 0.1) is 0 Å². The molecule has 0 amide bonds. The zero-order valence-electron chi connectivity index (χ0n) is 7.66. The number of rotatable bonds is 2. The van der Waals surface area contributed by atoms with Gasteiger partial charge in [0.25, 0.3) is 0 Å². The first kappa shape index (κ1) is 9.45. The number of nitrogens with zero attached hydrogens (tertiary/aromatic N) is 1. The number of hydrogen-bond acceptors (Lipinski definition) is 2. The van der Waals surface area contributed by atoms with Crippen LogP contribution in [0.4, 0.5) is 0 Å². The topological polar surface area (TPSA) is 29.4 Å². The molecule has 2 rings (SSSR count). The monoisotopic (exact) mass is 207 g/mol. The highest BCUT2D eigenvalue weighted by Crippen LogP contribution is 2.34. The van der Waals surface area contributed by atoms with Crippen molar-refractivity contribution in [3.05, 3.63) is 34.3 Å². The summed E-state index contributed by atoms with van der Waals surface area (Å²) in [6, 6.07) is 5.95. The zero-order valence-corrected chi connectivity index (χ0v) is 8.42. The third-order valence-electron chi connectivity index (χ3n) is 2.69. The summed E-state index contributed by atoms with van der Waals surface area (Å²) in [5, 5.41) is 0.755. The van der Waals surface area contributed by atoms with Crippen LogP contribution >= 0.6 is 11.6 Å². The molecule has 1 aliphatic carbocycles. The second-order valence-electron chi connectivity index (χ2n) is 3.51. The Bertz CT molecular complexity index is 396. The fraction of sp³-hybridized carbons (Fsp3) is 0.364. The molecule has 0 spiro atoms. The number of hydrogen-bond donors (Lipinski definition) is 0. The van der Waals surface area contributed by atoms with Gasteiger partial charge in [-0.15, -0.1) is 0 Å². The van der Waals surface area contributed by atoms with E-state index in [1.54, 1.807) is 6.08 Å². The molecule has 0 radical (unpaired) electrons. The minimum Gasteiger partial charge on any atom is -0.211 e. The van der Waals surface area contributed by atoms with E-state index in [1.165, 1.54) is 11.1 Å². The molecule has 72 valence electrons. The first-order chi connectivity index (χ1) is 6.81. The number of aryl methyl sites for hydroxylation is 1. The van der Waals surface area contributed by atoms with Gasteiger partial charge < -0.3 is 0 Å². The number of fused-ring (bicyclic) bond motifs is 1. The molecule has 0 saturated heterocycles. The van der Waals surface area contributed by atoms with Crippen LogP contribution in [0.3, 0.4) is 0 Å². The Balaban J connectivity index is 2.28. The number of isocyanates is 1. The third-order valence-corrected chi connectivity index (χ3v) is 2.92. The van der Waals surface area contributed by atoms with E-state index in [4.69, 9.17) is 11.6 Å². The van der Waals surface area contributed by atoms with Crippen molar-refractivity contribution in [2.75, 3.05) is 6.54 Å². The predicted octanol–water partition coefficient (Wildman–Crippen LogP) is 2.71. The van der Waals surface area contributed by atoms with Crippen molar-refractivity contribution in [2.24, 2.45) is 4.99 Å². The van der Waals surface area contributed by atoms with Crippen LogP contribution < -0.4 is 0 Å². The summed E-state index contributed by atoms with van der Waals surface area (Å²) >= 11 is 5.91. The molecule has 1 aromatic rings. The molecule has 1 atom stereocenters. The highest BCUT2D eigenvalue weighted by Gasteiger charge is 2.21. The third kappa shape index (κ3) is 1.72. The van der Waals surface area contributed by atoms with E-state index in [9.17, 15) is 4.79 Å². The maximum absolute atomic E-state index is 10.0. The molecular weight excluding hydrogens is 198 g/mol. The summed E-state index contributed by atoms with van der Waals surface area (Å²) in [6.07, 6.45) is 3.70. The lowest BCUT2D eigenvalue weighted by Crippen LogP contribution is -1.97. The van der Waals surface area contributed by atoms with E-state index in [-0.39, 0.29) is 0 Å². The molecule has 0 bridgehead atoms. The first-order valence-corrected chi connectivity index (χ1v) is 5.01. The summed E-state index contributed by atoms with van der Waals surface area (Å²) in [5.74, 6) is 0.352. The fourth-order valence-corrected chi connectivity index (χ4v) is 2.18. The quantitative estimate of drug-likeness (QED) is 0.542. The Labute approximate surface area is 87.6 Å². The van der Waals surface area contributed by atoms with Crippen LogP contribution in [0.25, 0.3) is 0 Å². The Hall–Kier alpha value is -1.11. The van der Waals surface area contributed by atoms with Crippen molar-refractivity contribution in [1.29, 1.82) is 0 Å². The van der Waals surface area contributed by atoms with Gasteiger partial charge in [0.15, 0.2) is 0 Å². The van der Waals surface area contributed by atoms with Crippen molar-refractivity contribution in [3.63, 3.8) is 0 Å². The first-order valence-electron chi connectivity index (χ1n) is 4.63. The minimum atomic E-state index is 0.352. The Morgan fingerprint density at radius 3 is 3.21 bits per heavy atom. The molecule has 2 nitrogen and oxygen atoms in total. The van der Waals surface area contributed by atoms with Gasteiger partial charge in [0.1, 0.15) is 0 Å². The summed E-state index contributed by atoms with van der Waals surface area (Å²) in [4.78, 5) is 13.7. The summed E-state index contributed by atoms with van der Waals surface area (Å²) in [5.41, 5.74) is 2.58. The molecule has 3 heteroatoms. The Kier molecular flexibility index (Phi) is 2.67. The fourth-order valence-electron chi connectivity index (χ4n) is 2.00. The normalized spacial score (nSPS) is 18.8. The lowest BCUT2D eigenvalue weighted by Gasteiger charge is -2.07. The summed E-state index contributed by atoms with van der Waals surface area (Å²) < 4.78 is 0. The second-order valence-corrected chi connectivity index (χ2v) is 3.95. The highest BCUT2D eigenvalue weighted by molar-refractivity contribution is 6.30. The van der Waals surface area contributed by atoms with E-state index in [0.717, 1.165) is 17.9 Å². The molecule has 1 unspecified atom stereocenters. The smallest absolute Gasteiger partial charge is 0.211 e. The van der Waals surface area contributed by atoms with Crippen molar-refractivity contribution in [3.8, 4) is 0 Å². The van der Waals surface area contributed by atoms with Gasteiger partial charge in [-0.1, -0.05) is 17.7 Å². The highest BCUT2D eigenvalue weighted by atomic mass is 35.5. The number of benzene rings is 1. The standard InChI is InChI=1S/C11H10ClNO/c12-10-4-3-8-1-2-9(6-13-7-14)11(8)5-10/h3-5,9H,1-2,6H2. The van der Waals surface area contributed by atoms with Gasteiger partial charge >= 0.3 is 0 Å². The molecule has 1 aromatic carbocycles. The van der Waals surface area contributed by atoms with Crippen molar-refractivity contribution < 1.29 is 4.79 Å². The van der Waals surface area contributed by atoms with Gasteiger partial charge in [-0.2, -0.15) is 0 Å². The summed E-state index contributed by atoms with van der Waals surface area (Å²) in [7, 11) is 0. The lowest BCUT2D eigenvalue weighted by atomic mass is 10.0. The molecule has 0 saturated carbocycles. The number of aliphatic imine (C=N–C) groups is 1. The van der Waals surface area contributed by atoms with Crippen LogP contribution in [0.15, 0.2) is 23.2 Å². The molecule has 0 aromatic heterocycles. The molecule has 0 heterocycles. The van der Waals surface area contributed by atoms with Gasteiger partial charge in [-0.3, -0.25) is 0 Å². The van der Waals surface area contributed by atoms with Crippen LogP contribution in [0.5, 0.6) is 0 Å². The molecule has 0 N–H and O–H groups in total. The largest absolute Gasteiger partial charge is 0.234 e. The maximum Gasteiger partial charge on any atom is 0.234 e. The van der Waals surface area contributed by atoms with Crippen LogP contribution in [-0.2, 0) is 11.2 Å². The average Bonchev–Trinajstić information content (AvgIpc) is 2.57. The molecule has 1 aliphatic rings. The van der Waals surface area contributed by atoms with Crippen LogP contribution in [0.2, 0.25) is 5.02 Å². The van der Waals surface area contributed by atoms with Crippen molar-refractivity contribution in [1.82, 2.24) is 0 Å². The van der Waals surface area contributed by atoms with Crippen molar-refractivity contribution in [2.45, 2.75) is 18.8 Å². The van der Waals surface area contributed by atoms with Gasteiger partial charge in [-0.05, 0) is 36.1 Å². The molecular formula is C11H10ClNO. The van der Waals surface area contributed by atoms with E-state index in [0.29, 0.717) is 12.5 Å². The summed E-state index contributed by atoms with van der Waals surface area (Å²) in [6.45, 7) is 0.539. The minimum absolute atomic E-state index is 0.352. The van der Waals surface area contributed by atoms with Gasteiger partial charge in [0.05, 0.1) is 6.54 Å². The lowest BCUT2D eigenvalue weighted by molar-refractivity contribution is 0.560. The average molecular weight is 208 g/mol. The second kappa shape index (κ2) is 3.95. The SMILES string of the molecule is O=C=NCC1CCc2ccc(Cl)cc21. The number of carbonyl (C=O) groups excluding carboxylic acids is 1. The molecule has 0 aliphatic heterocycles. The van der Waals surface area contributed by atoms with E-state index < -0.39 is 0 Å². The Morgan fingerprint density at radius 2 is 2.43 bits per heavy atom. The Morgan fingerprint density at radius 1 is 1.57 bits per heavy atom. The van der Waals surface area contributed by atoms with E-state index in [2.05, 4.69) is 11.1 Å². The van der Waals surface area contributed by atoms with E-state index >= 15 is 0 Å². The number of halogens is 1. The van der Waals surface area contributed by atoms with Crippen LogP contribution in [-0.4, -0.2) is 12.6 Å². The van der Waals surface area contributed by atoms with Gasteiger partial charge in [0.2, 0.25) is 6.08 Å². The predicted molar refractivity (Wildman–Crippen MR) is 55.5 cm³/mol. The molecule has 14 heavy (non-hydrogen) atoms. The molecule has 0 fully saturated rings. The van der Waals surface area contributed by atoms with E-state index in [1.807, 2.05) is 12.1 Å². The van der Waals surface area contributed by atoms with Crippen molar-refractivity contribution >= 4 is 17.7 Å². The van der Waals surface area contributed by atoms with Gasteiger partial charge in [-0.25, -0.2) is 9.79 Å². The van der Waals surface area contributed by atoms with Crippen LogP contribution in [0.1, 0.15) is 23.5 Å².